The van der Waals surface area contributed by atoms with Gasteiger partial charge in [0.15, 0.2) is 0 Å². The fourth-order valence-electron chi connectivity index (χ4n) is 3.19. The highest BCUT2D eigenvalue weighted by molar-refractivity contribution is 6.00. The number of amides is 2. The molecule has 1 fully saturated rings. The second kappa shape index (κ2) is 7.62. The number of fused-ring (bicyclic) bond motifs is 1. The smallest absolute Gasteiger partial charge is 0.319 e. The first-order valence-corrected chi connectivity index (χ1v) is 8.75. The van der Waals surface area contributed by atoms with E-state index in [-0.39, 0.29) is 6.03 Å². The van der Waals surface area contributed by atoms with E-state index in [0.717, 1.165) is 47.8 Å². The van der Waals surface area contributed by atoms with Crippen LogP contribution in [-0.2, 0) is 0 Å². The first-order chi connectivity index (χ1) is 11.6. The number of likely N-dealkylation sites (tertiary alicyclic amines) is 1. The molecule has 3 rings (SSSR count). The van der Waals surface area contributed by atoms with Crippen LogP contribution in [0.5, 0.6) is 0 Å². The summed E-state index contributed by atoms with van der Waals surface area (Å²) in [5, 5.41) is 6.89. The third kappa shape index (κ3) is 4.23. The number of anilines is 1. The van der Waals surface area contributed by atoms with Crippen LogP contribution in [0.25, 0.3) is 10.9 Å². The van der Waals surface area contributed by atoms with E-state index in [1.165, 1.54) is 12.8 Å². The van der Waals surface area contributed by atoms with Gasteiger partial charge in [0.25, 0.3) is 0 Å². The molecule has 128 valence electrons. The third-order valence-electron chi connectivity index (χ3n) is 4.68. The highest BCUT2D eigenvalue weighted by atomic mass is 16.2. The highest BCUT2D eigenvalue weighted by Gasteiger charge is 2.15. The molecule has 0 atom stereocenters. The Bertz CT molecular complexity index is 708. The molecule has 1 aromatic heterocycles. The number of rotatable bonds is 4. The van der Waals surface area contributed by atoms with Gasteiger partial charge in [-0.15, -0.1) is 0 Å². The van der Waals surface area contributed by atoms with Gasteiger partial charge < -0.3 is 15.5 Å². The minimum absolute atomic E-state index is 0.156. The first-order valence-electron chi connectivity index (χ1n) is 8.75. The van der Waals surface area contributed by atoms with Gasteiger partial charge in [-0.3, -0.25) is 4.98 Å². The summed E-state index contributed by atoms with van der Waals surface area (Å²) in [6.07, 6.45) is 2.52. The molecule has 2 amide bonds. The Labute approximate surface area is 143 Å². The summed E-state index contributed by atoms with van der Waals surface area (Å²) in [6, 6.07) is 9.61. The van der Waals surface area contributed by atoms with Gasteiger partial charge in [0.2, 0.25) is 0 Å². The number of carbonyl (C=O) groups is 1. The van der Waals surface area contributed by atoms with Crippen LogP contribution >= 0.6 is 0 Å². The molecule has 0 bridgehead atoms. The summed E-state index contributed by atoms with van der Waals surface area (Å²) >= 11 is 0. The number of hydrogen-bond donors (Lipinski definition) is 2. The molecule has 2 N–H and O–H groups in total. The molecule has 0 saturated carbocycles. The van der Waals surface area contributed by atoms with E-state index < -0.39 is 0 Å². The lowest BCUT2D eigenvalue weighted by atomic mass is 9.99. The second-order valence-corrected chi connectivity index (χ2v) is 6.73. The fourth-order valence-corrected chi connectivity index (χ4v) is 3.19. The average Bonchev–Trinajstić information content (AvgIpc) is 2.56. The summed E-state index contributed by atoms with van der Waals surface area (Å²) in [5.41, 5.74) is 2.60. The van der Waals surface area contributed by atoms with Crippen LogP contribution in [0.15, 0.2) is 30.3 Å². The Balaban J connectivity index is 1.54. The van der Waals surface area contributed by atoms with Crippen LogP contribution in [0.4, 0.5) is 10.5 Å². The van der Waals surface area contributed by atoms with Gasteiger partial charge in [0.1, 0.15) is 0 Å². The monoisotopic (exact) mass is 326 g/mol. The predicted octanol–water partition coefficient (Wildman–Crippen LogP) is 3.40. The van der Waals surface area contributed by atoms with Gasteiger partial charge in [0, 0.05) is 24.2 Å². The van der Waals surface area contributed by atoms with Crippen molar-refractivity contribution in [2.75, 3.05) is 31.5 Å². The van der Waals surface area contributed by atoms with Crippen LogP contribution in [0.1, 0.15) is 25.5 Å². The molecular weight excluding hydrogens is 300 g/mol. The van der Waals surface area contributed by atoms with Crippen LogP contribution in [0, 0.1) is 12.8 Å². The lowest BCUT2D eigenvalue weighted by Crippen LogP contribution is -2.40. The quantitative estimate of drug-likeness (QED) is 0.905. The van der Waals surface area contributed by atoms with Gasteiger partial charge in [-0.05, 0) is 50.9 Å². The standard InChI is InChI=1S/C19H26N4O/c1-14-7-10-23(11-8-14)12-9-20-19(24)22-18-13-15(2)21-17-6-4-3-5-16(17)18/h3-6,13-14H,7-12H2,1-2H3,(H2,20,21,22,24). The number of carbonyl (C=O) groups excluding carboxylic acids is 1. The number of aryl methyl sites for hydroxylation is 1. The molecule has 0 unspecified atom stereocenters. The number of pyridine rings is 1. The number of benzene rings is 1. The van der Waals surface area contributed by atoms with E-state index in [9.17, 15) is 4.79 Å². The summed E-state index contributed by atoms with van der Waals surface area (Å²) in [7, 11) is 0. The summed E-state index contributed by atoms with van der Waals surface area (Å²) < 4.78 is 0. The number of hydrogen-bond acceptors (Lipinski definition) is 3. The van der Waals surface area contributed by atoms with Crippen LogP contribution in [0.3, 0.4) is 0 Å². The number of nitrogens with zero attached hydrogens (tertiary/aromatic N) is 2. The minimum atomic E-state index is -0.156. The maximum atomic E-state index is 12.2. The molecule has 1 aliphatic rings. The Hall–Kier alpha value is -2.14. The molecule has 24 heavy (non-hydrogen) atoms. The maximum absolute atomic E-state index is 12.2. The van der Waals surface area contributed by atoms with Crippen LogP contribution < -0.4 is 10.6 Å². The van der Waals surface area contributed by atoms with E-state index in [1.54, 1.807) is 0 Å². The molecule has 2 aromatic rings. The van der Waals surface area contributed by atoms with Gasteiger partial charge >= 0.3 is 6.03 Å². The van der Waals surface area contributed by atoms with Crippen molar-refractivity contribution in [2.24, 2.45) is 5.92 Å². The molecule has 0 spiro atoms. The molecule has 0 radical (unpaired) electrons. The lowest BCUT2D eigenvalue weighted by Gasteiger charge is -2.30. The first kappa shape index (κ1) is 16.7. The number of nitrogens with one attached hydrogen (secondary N) is 2. The number of urea groups is 1. The van der Waals surface area contributed by atoms with E-state index in [4.69, 9.17) is 0 Å². The van der Waals surface area contributed by atoms with Crippen molar-refractivity contribution in [3.05, 3.63) is 36.0 Å². The largest absolute Gasteiger partial charge is 0.337 e. The zero-order chi connectivity index (χ0) is 16.9. The van der Waals surface area contributed by atoms with Crippen LogP contribution in [0.2, 0.25) is 0 Å². The summed E-state index contributed by atoms with van der Waals surface area (Å²) in [4.78, 5) is 19.1. The molecule has 1 aromatic carbocycles. The van der Waals surface area contributed by atoms with Crippen molar-refractivity contribution in [3.8, 4) is 0 Å². The summed E-state index contributed by atoms with van der Waals surface area (Å²) in [5.74, 6) is 0.834. The maximum Gasteiger partial charge on any atom is 0.319 e. The van der Waals surface area contributed by atoms with E-state index in [0.29, 0.717) is 6.54 Å². The Morgan fingerprint density at radius 2 is 2.04 bits per heavy atom. The molecule has 2 heterocycles. The molecule has 0 aliphatic carbocycles. The average molecular weight is 326 g/mol. The van der Waals surface area contributed by atoms with Crippen molar-refractivity contribution in [1.29, 1.82) is 0 Å². The predicted molar refractivity (Wildman–Crippen MR) is 98.3 cm³/mol. The fraction of sp³-hybridized carbons (Fsp3) is 0.474. The van der Waals surface area contributed by atoms with Gasteiger partial charge in [-0.1, -0.05) is 25.1 Å². The Kier molecular flexibility index (Phi) is 5.30. The number of piperidine rings is 1. The van der Waals surface area contributed by atoms with E-state index in [2.05, 4.69) is 27.4 Å². The van der Waals surface area contributed by atoms with E-state index >= 15 is 0 Å². The normalized spacial score (nSPS) is 16.2. The lowest BCUT2D eigenvalue weighted by molar-refractivity contribution is 0.192. The van der Waals surface area contributed by atoms with E-state index in [1.807, 2.05) is 37.3 Å². The number of para-hydroxylation sites is 1. The van der Waals surface area contributed by atoms with Crippen molar-refractivity contribution in [1.82, 2.24) is 15.2 Å². The Morgan fingerprint density at radius 1 is 1.29 bits per heavy atom. The summed E-state index contributed by atoms with van der Waals surface area (Å²) in [6.45, 7) is 8.10. The van der Waals surface area contributed by atoms with Crippen molar-refractivity contribution >= 4 is 22.6 Å². The van der Waals surface area contributed by atoms with Gasteiger partial charge in [-0.2, -0.15) is 0 Å². The van der Waals surface area contributed by atoms with Crippen molar-refractivity contribution < 1.29 is 4.79 Å². The Morgan fingerprint density at radius 3 is 2.83 bits per heavy atom. The minimum Gasteiger partial charge on any atom is -0.337 e. The molecule has 5 heteroatoms. The van der Waals surface area contributed by atoms with Crippen molar-refractivity contribution in [3.63, 3.8) is 0 Å². The van der Waals surface area contributed by atoms with Gasteiger partial charge in [0.05, 0.1) is 11.2 Å². The zero-order valence-corrected chi connectivity index (χ0v) is 14.5. The SMILES string of the molecule is Cc1cc(NC(=O)NCCN2CCC(C)CC2)c2ccccc2n1. The van der Waals surface area contributed by atoms with Gasteiger partial charge in [-0.25, -0.2) is 4.79 Å². The van der Waals surface area contributed by atoms with Crippen molar-refractivity contribution in [2.45, 2.75) is 26.7 Å². The number of aromatic nitrogens is 1. The zero-order valence-electron chi connectivity index (χ0n) is 14.5. The van der Waals surface area contributed by atoms with Crippen LogP contribution in [-0.4, -0.2) is 42.1 Å². The third-order valence-corrected chi connectivity index (χ3v) is 4.68. The topological polar surface area (TPSA) is 57.3 Å². The molecule has 1 aliphatic heterocycles. The second-order valence-electron chi connectivity index (χ2n) is 6.73. The molecule has 5 nitrogen and oxygen atoms in total. The highest BCUT2D eigenvalue weighted by Crippen LogP contribution is 2.22. The molecule has 1 saturated heterocycles. The molecular formula is C19H26N4O.